The molecule has 0 aliphatic carbocycles. The topological polar surface area (TPSA) is 49.0 Å². The van der Waals surface area contributed by atoms with Crippen LogP contribution >= 0.6 is 0 Å². The lowest BCUT2D eigenvalue weighted by Crippen LogP contribution is -2.38. The summed E-state index contributed by atoms with van der Waals surface area (Å²) in [6, 6.07) is 39.3. The van der Waals surface area contributed by atoms with Gasteiger partial charge in [-0.2, -0.15) is 0 Å². The number of hydrogen-bond donors (Lipinski definition) is 2. The van der Waals surface area contributed by atoms with Crippen LogP contribution in [-0.2, 0) is 13.2 Å². The fourth-order valence-electron chi connectivity index (χ4n) is 8.49. The average molecular weight is 1060 g/mol. The van der Waals surface area contributed by atoms with Gasteiger partial charge in [-0.05, 0) is 129 Å². The molecule has 2 atom stereocenters. The van der Waals surface area contributed by atoms with Gasteiger partial charge in [0.1, 0.15) is 24.7 Å². The highest BCUT2D eigenvalue weighted by molar-refractivity contribution is 5.46. The van der Waals surface area contributed by atoms with Crippen LogP contribution in [0.5, 0.6) is 11.5 Å². The molecule has 0 radical (unpaired) electrons. The summed E-state index contributed by atoms with van der Waals surface area (Å²) < 4.78 is 226. The minimum atomic E-state index is -3.20. The minimum absolute atomic E-state index is 0.0144. The van der Waals surface area contributed by atoms with E-state index in [1.807, 2.05) is 143 Å². The van der Waals surface area contributed by atoms with E-state index >= 15 is 0 Å². The van der Waals surface area contributed by atoms with E-state index in [2.05, 4.69) is 66.8 Å². The van der Waals surface area contributed by atoms with Crippen molar-refractivity contribution in [2.45, 2.75) is 210 Å². The molecule has 0 aliphatic heterocycles. The maximum atomic E-state index is 8.62. The van der Waals surface area contributed by atoms with Crippen LogP contribution in [-0.4, -0.2) is 71.1 Å². The lowest BCUT2D eigenvalue weighted by molar-refractivity contribution is 0.170. The van der Waals surface area contributed by atoms with Crippen LogP contribution in [0, 0.1) is 13.8 Å². The third-order valence-electron chi connectivity index (χ3n) is 11.9. The first-order valence-electron chi connectivity index (χ1n) is 39.8. The van der Waals surface area contributed by atoms with Crippen molar-refractivity contribution in [1.29, 1.82) is 0 Å². The third-order valence-corrected chi connectivity index (χ3v) is 11.9. The second kappa shape index (κ2) is 35.2. The summed E-state index contributed by atoms with van der Waals surface area (Å²) in [5.41, 5.74) is 8.06. The lowest BCUT2D eigenvalue weighted by Gasteiger charge is -2.32. The lowest BCUT2D eigenvalue weighted by atomic mass is 9.86. The zero-order valence-corrected chi connectivity index (χ0v) is 46.4. The maximum Gasteiger partial charge on any atom is 0.123 e. The first kappa shape index (κ1) is 33.9. The fourth-order valence-corrected chi connectivity index (χ4v) is 8.49. The second-order valence-corrected chi connectivity index (χ2v) is 19.4. The number of benzene rings is 6. The quantitative estimate of drug-likeness (QED) is 0.0630. The predicted octanol–water partition coefficient (Wildman–Crippen LogP) is 17.2. The zero-order valence-electron chi connectivity index (χ0n) is 74.4. The molecule has 6 aromatic rings. The highest BCUT2D eigenvalue weighted by Crippen LogP contribution is 2.38. The largest absolute Gasteiger partial charge is 0.489 e. The van der Waals surface area contributed by atoms with E-state index in [-0.39, 0.29) is 18.9 Å². The van der Waals surface area contributed by atoms with Crippen LogP contribution in [0.15, 0.2) is 158 Å². The molecule has 0 aliphatic rings. The fraction of sp³-hybridized carbons (Fsp3) is 0.486. The first-order valence-corrected chi connectivity index (χ1v) is 25.8. The van der Waals surface area contributed by atoms with Gasteiger partial charge in [0, 0.05) is 110 Å². The number of hydrogen-bond acceptors (Lipinski definition) is 6. The molecule has 6 nitrogen and oxygen atoms in total. The molecule has 2 N–H and O–H groups in total. The molecule has 0 heterocycles. The Labute approximate surface area is 504 Å². The van der Waals surface area contributed by atoms with E-state index in [9.17, 15) is 0 Å². The summed E-state index contributed by atoms with van der Waals surface area (Å²) in [6.45, 7) is -5.67. The monoisotopic (exact) mass is 1060 g/mol. The van der Waals surface area contributed by atoms with Crippen molar-refractivity contribution in [1.82, 2.24) is 20.4 Å². The molecule has 416 valence electrons. The van der Waals surface area contributed by atoms with Gasteiger partial charge in [0.05, 0.1) is 0 Å². The minimum Gasteiger partial charge on any atom is -0.489 e. The van der Waals surface area contributed by atoms with Crippen molar-refractivity contribution in [2.75, 3.05) is 13.1 Å². The van der Waals surface area contributed by atoms with E-state index in [1.165, 1.54) is 11.1 Å². The molecule has 6 rings (SSSR count). The van der Waals surface area contributed by atoms with Crippen LogP contribution in [0.2, 0.25) is 0 Å². The number of nitrogens with one attached hydrogen (secondary N) is 2. The summed E-state index contributed by atoms with van der Waals surface area (Å²) in [7, 11) is 0. The van der Waals surface area contributed by atoms with Gasteiger partial charge in [-0.15, -0.1) is 0 Å². The molecule has 0 bridgehead atoms. The van der Waals surface area contributed by atoms with E-state index in [0.717, 1.165) is 45.6 Å². The van der Waals surface area contributed by atoms with Crippen molar-refractivity contribution in [3.8, 4) is 11.5 Å². The van der Waals surface area contributed by atoms with Crippen LogP contribution in [0.25, 0.3) is 0 Å². The van der Waals surface area contributed by atoms with Crippen LogP contribution in [0.4, 0.5) is 0 Å². The molecule has 6 heteroatoms. The molecular formula is C70H104N4O2. The predicted molar refractivity (Wildman–Crippen MR) is 330 cm³/mol. The van der Waals surface area contributed by atoms with Crippen LogP contribution in [0.3, 0.4) is 0 Å². The number of rotatable bonds is 24. The molecule has 76 heavy (non-hydrogen) atoms. The van der Waals surface area contributed by atoms with Crippen molar-refractivity contribution >= 4 is 0 Å². The van der Waals surface area contributed by atoms with Gasteiger partial charge in [0.2, 0.25) is 0 Å². The number of aryl methyl sites for hydroxylation is 2. The molecule has 0 unspecified atom stereocenters. The van der Waals surface area contributed by atoms with Crippen molar-refractivity contribution in [2.24, 2.45) is 0 Å². The normalized spacial score (nSPS) is 19.6. The molecule has 0 aromatic heterocycles. The molecule has 0 saturated heterocycles. The Hall–Kier alpha value is -5.24. The number of nitrogens with zero attached hydrogens (tertiary/aromatic N) is 2. The Balaban J connectivity index is 0.000000405. The molecular weight excluding hydrogens is 929 g/mol. The second-order valence-electron chi connectivity index (χ2n) is 19.4. The Morgan fingerprint density at radius 1 is 0.434 bits per heavy atom. The zero-order chi connectivity index (χ0) is 79.8. The van der Waals surface area contributed by atoms with Gasteiger partial charge in [-0.3, -0.25) is 9.80 Å². The van der Waals surface area contributed by atoms with Crippen molar-refractivity contribution in [3.05, 3.63) is 202 Å². The first-order chi connectivity index (χ1) is 47.0. The summed E-state index contributed by atoms with van der Waals surface area (Å²) in [4.78, 5) is 2.62. The van der Waals surface area contributed by atoms with Gasteiger partial charge in [-0.25, -0.2) is 0 Å². The van der Waals surface area contributed by atoms with Gasteiger partial charge >= 0.3 is 0 Å². The van der Waals surface area contributed by atoms with E-state index < -0.39 is 116 Å². The standard InChI is InChI=1S/2C29H37NO.2C6H15N/c2*1-22(2)30(23(3)4)19-18-27(26-14-10-7-11-15-26)28-20-24(5)16-17-29(28)31-21-25-12-8-6-9-13-25;2*1-5(2)7-6(3)4/h2*6-17,20,22-23,27H,18-19,21H2,1-5H3;2*5-7H,1-4H3/t2*27-;;/m11../s1/i1D3,2D3,3D3,4D3;22D,23D;1D3,2D3,3D3,4D3;5D,6D. The summed E-state index contributed by atoms with van der Waals surface area (Å²) in [5, 5.41) is 4.56. The summed E-state index contributed by atoms with van der Waals surface area (Å²) >= 11 is 0. The summed E-state index contributed by atoms with van der Waals surface area (Å²) in [5.74, 6) is 1.02. The highest BCUT2D eigenvalue weighted by atomic mass is 16.5. The smallest absolute Gasteiger partial charge is 0.123 e. The van der Waals surface area contributed by atoms with Gasteiger partial charge < -0.3 is 20.1 Å². The van der Waals surface area contributed by atoms with Crippen LogP contribution < -0.4 is 20.1 Å². The Bertz CT molecular complexity index is 3330. The molecule has 6 aromatic carbocycles. The summed E-state index contributed by atoms with van der Waals surface area (Å²) in [6.07, 6.45) is 0.806. The van der Waals surface area contributed by atoms with Crippen LogP contribution in [0.1, 0.15) is 218 Å². The number of ether oxygens (including phenoxy) is 2. The average Bonchev–Trinajstić information content (AvgIpc) is 0.759. The molecule has 0 amide bonds. The third kappa shape index (κ3) is 24.8. The van der Waals surface area contributed by atoms with Gasteiger partial charge in [0.25, 0.3) is 0 Å². The molecule has 0 spiro atoms. The van der Waals surface area contributed by atoms with Crippen molar-refractivity contribution in [3.63, 3.8) is 0 Å². The van der Waals surface area contributed by atoms with Gasteiger partial charge in [0.15, 0.2) is 0 Å². The van der Waals surface area contributed by atoms with Gasteiger partial charge in [-0.1, -0.05) is 212 Å². The Morgan fingerprint density at radius 3 is 1.11 bits per heavy atom. The SMILES string of the molecule is [2H]C(C)(C)N(CC[C@H](c1ccccc1)c1cc(C)ccc1OCc1ccccc1)C([2H])(C)C.[2H]C(C)(C)NC([2H])(C)C.[2H]C([2H])([2H])C(N(CC[C@H](c1ccccc1)c1cc(C)ccc1OCc1ccccc1)C(C([2H])([2H])[2H])C([2H])([2H])[2H])C([2H])([2H])[2H].[2H]C([2H])([2H])C(NC(C([2H])([2H])[2H])C([2H])([2H])[2H])C([2H])([2H])[2H]. The molecule has 0 fully saturated rings. The van der Waals surface area contributed by atoms with Crippen molar-refractivity contribution < 1.29 is 47.9 Å². The maximum absolute atomic E-state index is 8.62. The Kier molecular flexibility index (Phi) is 15.7. The molecule has 0 saturated carbocycles. The van der Waals surface area contributed by atoms with E-state index in [1.54, 1.807) is 33.0 Å². The van der Waals surface area contributed by atoms with E-state index in [0.29, 0.717) is 23.8 Å². The van der Waals surface area contributed by atoms with E-state index in [4.69, 9.17) is 47.9 Å². The highest BCUT2D eigenvalue weighted by Gasteiger charge is 2.24. The Morgan fingerprint density at radius 2 is 0.789 bits per heavy atom.